The summed E-state index contributed by atoms with van der Waals surface area (Å²) in [6, 6.07) is 21.1. The smallest absolute Gasteiger partial charge is 0.162 e. The lowest BCUT2D eigenvalue weighted by Crippen LogP contribution is -2.30. The first-order valence-corrected chi connectivity index (χ1v) is 13.1. The highest BCUT2D eigenvalue weighted by atomic mass is 15.3. The van der Waals surface area contributed by atoms with Gasteiger partial charge in [0.25, 0.3) is 0 Å². The number of nitrogens with zero attached hydrogens (tertiary/aromatic N) is 6. The number of rotatable bonds is 4. The monoisotopic (exact) mass is 512 g/mol. The number of hydrogen-bond acceptors (Lipinski definition) is 7. The van der Waals surface area contributed by atoms with Gasteiger partial charge in [-0.2, -0.15) is 5.10 Å². The Kier molecular flexibility index (Phi) is 5.40. The molecule has 0 bridgehead atoms. The molecule has 2 aliphatic rings. The lowest BCUT2D eigenvalue weighted by molar-refractivity contribution is 0.678. The molecule has 0 unspecified atom stereocenters. The van der Waals surface area contributed by atoms with E-state index >= 15 is 0 Å². The van der Waals surface area contributed by atoms with Gasteiger partial charge in [-0.05, 0) is 54.3 Å². The largest absolute Gasteiger partial charge is 0.387 e. The Balaban J connectivity index is 1.36. The topological polar surface area (TPSA) is 97.2 Å². The van der Waals surface area contributed by atoms with E-state index in [4.69, 9.17) is 10.8 Å². The zero-order valence-corrected chi connectivity index (χ0v) is 21.9. The maximum atomic E-state index is 5.99. The molecule has 2 aromatic heterocycles. The molecule has 0 aliphatic carbocycles. The number of nitrogens with one attached hydrogen (secondary N) is 1. The maximum absolute atomic E-state index is 5.99. The Bertz CT molecular complexity index is 1810. The van der Waals surface area contributed by atoms with E-state index in [2.05, 4.69) is 106 Å². The third kappa shape index (κ3) is 4.01. The van der Waals surface area contributed by atoms with Gasteiger partial charge in [0.1, 0.15) is 17.9 Å². The van der Waals surface area contributed by atoms with Crippen molar-refractivity contribution in [2.24, 2.45) is 10.7 Å². The molecule has 0 saturated heterocycles. The number of amidine groups is 1. The molecular formula is C31H28N8. The number of allylic oxidation sites excluding steroid dienone is 1. The molecular weight excluding hydrogens is 484 g/mol. The van der Waals surface area contributed by atoms with Crippen LogP contribution in [0.1, 0.15) is 22.3 Å². The summed E-state index contributed by atoms with van der Waals surface area (Å²) in [5.74, 6) is 0.640. The minimum atomic E-state index is 0.535. The molecule has 0 amide bonds. The number of fused-ring (bicyclic) bond motifs is 3. The summed E-state index contributed by atoms with van der Waals surface area (Å²) in [6.07, 6.45) is 6.37. The van der Waals surface area contributed by atoms with Crippen LogP contribution in [0.25, 0.3) is 28.4 Å². The quantitative estimate of drug-likeness (QED) is 0.326. The molecule has 3 N–H and O–H groups in total. The fraction of sp³-hybridized carbons (Fsp3) is 0.161. The molecule has 0 fully saturated rings. The van der Waals surface area contributed by atoms with Crippen molar-refractivity contribution in [2.45, 2.75) is 26.8 Å². The van der Waals surface area contributed by atoms with Crippen molar-refractivity contribution in [1.29, 1.82) is 0 Å². The molecule has 0 radical (unpaired) electrons. The lowest BCUT2D eigenvalue weighted by Gasteiger charge is -2.28. The summed E-state index contributed by atoms with van der Waals surface area (Å²) in [4.78, 5) is 15.8. The number of aryl methyl sites for hydroxylation is 2. The predicted molar refractivity (Wildman–Crippen MR) is 157 cm³/mol. The van der Waals surface area contributed by atoms with Gasteiger partial charge in [-0.15, -0.1) is 0 Å². The summed E-state index contributed by atoms with van der Waals surface area (Å²) < 4.78 is 1.98. The van der Waals surface area contributed by atoms with Crippen molar-refractivity contribution in [2.75, 3.05) is 16.9 Å². The number of aliphatic imine (C=N–C) groups is 1. The number of nitrogens with two attached hydrogens (primary N) is 1. The van der Waals surface area contributed by atoms with E-state index in [-0.39, 0.29) is 0 Å². The number of anilines is 2. The Morgan fingerprint density at radius 1 is 1.00 bits per heavy atom. The van der Waals surface area contributed by atoms with Gasteiger partial charge >= 0.3 is 0 Å². The van der Waals surface area contributed by atoms with E-state index in [1.807, 2.05) is 10.9 Å². The summed E-state index contributed by atoms with van der Waals surface area (Å²) in [5.41, 5.74) is 17.6. The molecule has 8 heteroatoms. The summed E-state index contributed by atoms with van der Waals surface area (Å²) in [7, 11) is 0. The van der Waals surface area contributed by atoms with Crippen LogP contribution in [0.15, 0.2) is 83.9 Å². The Morgan fingerprint density at radius 2 is 1.87 bits per heavy atom. The second kappa shape index (κ2) is 9.09. The zero-order valence-electron chi connectivity index (χ0n) is 21.9. The van der Waals surface area contributed by atoms with Crippen LogP contribution < -0.4 is 16.0 Å². The minimum Gasteiger partial charge on any atom is -0.387 e. The third-order valence-corrected chi connectivity index (χ3v) is 7.51. The first-order valence-electron chi connectivity index (χ1n) is 13.1. The second-order valence-corrected chi connectivity index (χ2v) is 10.1. The maximum Gasteiger partial charge on any atom is 0.162 e. The Morgan fingerprint density at radius 3 is 2.77 bits per heavy atom. The molecule has 2 aliphatic heterocycles. The van der Waals surface area contributed by atoms with Crippen LogP contribution in [-0.4, -0.2) is 32.3 Å². The van der Waals surface area contributed by atoms with Gasteiger partial charge in [0, 0.05) is 35.3 Å². The summed E-state index contributed by atoms with van der Waals surface area (Å²) >= 11 is 0. The van der Waals surface area contributed by atoms with Gasteiger partial charge in [-0.25, -0.2) is 19.6 Å². The number of para-hydroxylation sites is 2. The van der Waals surface area contributed by atoms with Crippen LogP contribution in [-0.2, 0) is 13.0 Å². The van der Waals surface area contributed by atoms with Crippen LogP contribution in [0.3, 0.4) is 0 Å². The SMILES string of the molecule is Cc1ccccc1N1CNc2c(C)cccc2C=C1Cn1nc(-c2ccc3c(c2)N=C(N)C3)c2cncnc21. The Labute approximate surface area is 226 Å². The van der Waals surface area contributed by atoms with Gasteiger partial charge in [0.05, 0.1) is 24.3 Å². The normalized spacial score (nSPS) is 14.4. The predicted octanol–water partition coefficient (Wildman–Crippen LogP) is 5.59. The van der Waals surface area contributed by atoms with E-state index in [0.29, 0.717) is 25.5 Å². The molecule has 39 heavy (non-hydrogen) atoms. The van der Waals surface area contributed by atoms with E-state index in [1.54, 1.807) is 6.33 Å². The van der Waals surface area contributed by atoms with E-state index in [9.17, 15) is 0 Å². The highest BCUT2D eigenvalue weighted by Gasteiger charge is 2.23. The molecule has 8 nitrogen and oxygen atoms in total. The lowest BCUT2D eigenvalue weighted by atomic mass is 10.0. The van der Waals surface area contributed by atoms with E-state index < -0.39 is 0 Å². The van der Waals surface area contributed by atoms with Crippen molar-refractivity contribution < 1.29 is 0 Å². The minimum absolute atomic E-state index is 0.535. The zero-order chi connectivity index (χ0) is 26.5. The molecule has 4 heterocycles. The van der Waals surface area contributed by atoms with Crippen molar-refractivity contribution in [3.05, 3.63) is 101 Å². The summed E-state index contributed by atoms with van der Waals surface area (Å²) in [5, 5.41) is 9.68. The van der Waals surface area contributed by atoms with Crippen LogP contribution in [0.4, 0.5) is 17.1 Å². The van der Waals surface area contributed by atoms with Crippen LogP contribution in [0, 0.1) is 13.8 Å². The van der Waals surface area contributed by atoms with Gasteiger partial charge in [-0.1, -0.05) is 48.5 Å². The van der Waals surface area contributed by atoms with Crippen molar-refractivity contribution >= 4 is 40.0 Å². The van der Waals surface area contributed by atoms with Crippen molar-refractivity contribution in [3.8, 4) is 11.3 Å². The molecule has 5 aromatic rings. The number of hydrogen-bond donors (Lipinski definition) is 2. The van der Waals surface area contributed by atoms with Gasteiger partial charge in [-0.3, -0.25) is 0 Å². The first-order chi connectivity index (χ1) is 19.0. The molecule has 7 rings (SSSR count). The highest BCUT2D eigenvalue weighted by molar-refractivity contribution is 5.94. The second-order valence-electron chi connectivity index (χ2n) is 10.1. The number of aromatic nitrogens is 4. The molecule has 192 valence electrons. The fourth-order valence-corrected chi connectivity index (χ4v) is 5.56. The van der Waals surface area contributed by atoms with Crippen LogP contribution in [0.5, 0.6) is 0 Å². The van der Waals surface area contributed by atoms with Gasteiger partial charge < -0.3 is 16.0 Å². The molecule has 0 spiro atoms. The van der Waals surface area contributed by atoms with Crippen molar-refractivity contribution in [1.82, 2.24) is 19.7 Å². The average Bonchev–Trinajstić information content (AvgIpc) is 3.43. The van der Waals surface area contributed by atoms with E-state index in [1.165, 1.54) is 11.1 Å². The molecule has 0 atom stereocenters. The molecule has 0 saturated carbocycles. The first kappa shape index (κ1) is 23.2. The average molecular weight is 513 g/mol. The van der Waals surface area contributed by atoms with E-state index in [0.717, 1.165) is 56.2 Å². The third-order valence-electron chi connectivity index (χ3n) is 7.51. The van der Waals surface area contributed by atoms with Gasteiger partial charge in [0.15, 0.2) is 5.65 Å². The Hall–Kier alpha value is -4.98. The molecule has 3 aromatic carbocycles. The van der Waals surface area contributed by atoms with Crippen LogP contribution >= 0.6 is 0 Å². The van der Waals surface area contributed by atoms with Crippen molar-refractivity contribution in [3.63, 3.8) is 0 Å². The van der Waals surface area contributed by atoms with Gasteiger partial charge in [0.2, 0.25) is 0 Å². The number of benzene rings is 3. The standard InChI is InChI=1S/C31H28N8/c1-19-6-3-4-9-27(19)38-18-35-29-20(2)7-5-8-22(29)12-24(38)16-39-31-25(15-33-17-34-31)30(37-39)23-11-10-21-14-28(32)36-26(21)13-23/h3-13,15,17,35H,14,16,18H2,1-2H3,(H2,32,36). The summed E-state index contributed by atoms with van der Waals surface area (Å²) in [6.45, 7) is 5.46. The highest BCUT2D eigenvalue weighted by Crippen LogP contribution is 2.35. The van der Waals surface area contributed by atoms with Crippen LogP contribution in [0.2, 0.25) is 0 Å². The fourth-order valence-electron chi connectivity index (χ4n) is 5.56.